The highest BCUT2D eigenvalue weighted by Crippen LogP contribution is 2.29. The molecule has 25 heavy (non-hydrogen) atoms. The summed E-state index contributed by atoms with van der Waals surface area (Å²) in [5.74, 6) is -0.485. The molecule has 9 heteroatoms. The van der Waals surface area contributed by atoms with Crippen molar-refractivity contribution in [3.8, 4) is 6.07 Å². The van der Waals surface area contributed by atoms with Crippen molar-refractivity contribution in [3.63, 3.8) is 0 Å². The highest BCUT2D eigenvalue weighted by Gasteiger charge is 2.30. The number of nitriles is 1. The number of amides is 1. The molecule has 1 amide bonds. The van der Waals surface area contributed by atoms with Gasteiger partial charge in [-0.25, -0.2) is 9.97 Å². The number of aryl methyl sites for hydroxylation is 2. The lowest BCUT2D eigenvalue weighted by Crippen LogP contribution is -2.16. The Labute approximate surface area is 146 Å². The van der Waals surface area contributed by atoms with Crippen molar-refractivity contribution in [2.75, 3.05) is 11.1 Å². The first kappa shape index (κ1) is 18.7. The van der Waals surface area contributed by atoms with Crippen molar-refractivity contribution < 1.29 is 18.0 Å². The van der Waals surface area contributed by atoms with Gasteiger partial charge in [-0.15, -0.1) is 0 Å². The third-order valence-corrected chi connectivity index (χ3v) is 4.24. The van der Waals surface area contributed by atoms with Crippen molar-refractivity contribution in [3.05, 3.63) is 46.8 Å². The summed E-state index contributed by atoms with van der Waals surface area (Å²) in [6, 6.07) is 5.64. The smallest absolute Gasteiger partial charge is 0.310 e. The van der Waals surface area contributed by atoms with E-state index in [1.807, 2.05) is 13.0 Å². The number of hydrogen-bond acceptors (Lipinski definition) is 5. The number of rotatable bonds is 4. The summed E-state index contributed by atoms with van der Waals surface area (Å²) in [6.07, 6.45) is -3.82. The van der Waals surface area contributed by atoms with E-state index in [0.29, 0.717) is 16.8 Å². The minimum absolute atomic E-state index is 0.0205. The van der Waals surface area contributed by atoms with Gasteiger partial charge in [0.2, 0.25) is 5.91 Å². The number of alkyl halides is 3. The Kier molecular flexibility index (Phi) is 5.64. The van der Waals surface area contributed by atoms with E-state index in [1.165, 1.54) is 0 Å². The molecule has 0 aliphatic carbocycles. The average Bonchev–Trinajstić information content (AvgIpc) is 2.55. The fourth-order valence-electron chi connectivity index (χ4n) is 1.82. The predicted molar refractivity (Wildman–Crippen MR) is 87.0 cm³/mol. The lowest BCUT2D eigenvalue weighted by Gasteiger charge is -2.09. The lowest BCUT2D eigenvalue weighted by molar-refractivity contribution is -0.137. The fraction of sp³-hybridized carbons (Fsp3) is 0.250. The molecule has 2 aromatic rings. The zero-order valence-corrected chi connectivity index (χ0v) is 14.1. The number of thioether (sulfide) groups is 1. The number of carbonyl (C=O) groups is 1. The van der Waals surface area contributed by atoms with E-state index >= 15 is 0 Å². The third-order valence-electron chi connectivity index (χ3n) is 3.25. The van der Waals surface area contributed by atoms with Crippen molar-refractivity contribution in [2.24, 2.45) is 0 Å². The summed E-state index contributed by atoms with van der Waals surface area (Å²) in [5.41, 5.74) is 1.11. The van der Waals surface area contributed by atoms with Crippen LogP contribution in [0.4, 0.5) is 19.0 Å². The van der Waals surface area contributed by atoms with Gasteiger partial charge in [-0.2, -0.15) is 18.4 Å². The van der Waals surface area contributed by atoms with Crippen molar-refractivity contribution in [2.45, 2.75) is 25.0 Å². The van der Waals surface area contributed by atoms with E-state index in [9.17, 15) is 18.0 Å². The van der Waals surface area contributed by atoms with Crippen LogP contribution in [0.15, 0.2) is 29.4 Å². The van der Waals surface area contributed by atoms with Gasteiger partial charge in [0, 0.05) is 11.9 Å². The molecule has 0 unspecified atom stereocenters. The molecule has 0 saturated heterocycles. The minimum atomic E-state index is -4.48. The van der Waals surface area contributed by atoms with Crippen LogP contribution >= 0.6 is 11.8 Å². The van der Waals surface area contributed by atoms with Gasteiger partial charge in [0.15, 0.2) is 0 Å². The second-order valence-electron chi connectivity index (χ2n) is 5.12. The minimum Gasteiger partial charge on any atom is -0.310 e. The molecule has 5 nitrogen and oxygen atoms in total. The largest absolute Gasteiger partial charge is 0.417 e. The number of nitrogens with zero attached hydrogens (tertiary/aromatic N) is 3. The van der Waals surface area contributed by atoms with Crippen LogP contribution in [0.25, 0.3) is 0 Å². The summed E-state index contributed by atoms with van der Waals surface area (Å²) in [6.45, 7) is 3.63. The van der Waals surface area contributed by atoms with Gasteiger partial charge in [-0.1, -0.05) is 11.8 Å². The van der Waals surface area contributed by atoms with E-state index in [-0.39, 0.29) is 11.6 Å². The Morgan fingerprint density at radius 2 is 2.08 bits per heavy atom. The van der Waals surface area contributed by atoms with Crippen LogP contribution in [-0.4, -0.2) is 21.6 Å². The molecule has 0 atom stereocenters. The molecule has 0 bridgehead atoms. The van der Waals surface area contributed by atoms with Crippen LogP contribution in [-0.2, 0) is 11.0 Å². The maximum Gasteiger partial charge on any atom is 0.417 e. The Morgan fingerprint density at radius 3 is 2.64 bits per heavy atom. The zero-order valence-electron chi connectivity index (χ0n) is 13.3. The van der Waals surface area contributed by atoms with Gasteiger partial charge >= 0.3 is 6.18 Å². The van der Waals surface area contributed by atoms with Gasteiger partial charge in [0.05, 0.1) is 16.9 Å². The number of nitrogens with one attached hydrogen (secondary N) is 1. The highest BCUT2D eigenvalue weighted by atomic mass is 32.2. The zero-order chi connectivity index (χ0) is 18.6. The average molecular weight is 366 g/mol. The number of pyridine rings is 2. The molecule has 2 rings (SSSR count). The molecule has 0 saturated carbocycles. The monoisotopic (exact) mass is 366 g/mol. The van der Waals surface area contributed by atoms with E-state index in [2.05, 4.69) is 15.3 Å². The van der Waals surface area contributed by atoms with Gasteiger partial charge in [-0.3, -0.25) is 4.79 Å². The molecule has 1 N–H and O–H groups in total. The normalized spacial score (nSPS) is 11.0. The SMILES string of the molecule is Cc1cc(C#N)c(SCC(=O)Nc2ccc(C(F)(F)F)cn2)nc1C. The van der Waals surface area contributed by atoms with E-state index in [0.717, 1.165) is 35.2 Å². The van der Waals surface area contributed by atoms with Gasteiger partial charge in [-0.05, 0) is 37.6 Å². The topological polar surface area (TPSA) is 78.7 Å². The van der Waals surface area contributed by atoms with Crippen LogP contribution in [0.2, 0.25) is 0 Å². The molecular weight excluding hydrogens is 353 g/mol. The molecule has 0 spiro atoms. The van der Waals surface area contributed by atoms with E-state index in [1.54, 1.807) is 13.0 Å². The lowest BCUT2D eigenvalue weighted by atomic mass is 10.2. The van der Waals surface area contributed by atoms with Gasteiger partial charge < -0.3 is 5.32 Å². The van der Waals surface area contributed by atoms with E-state index < -0.39 is 17.6 Å². The summed E-state index contributed by atoms with van der Waals surface area (Å²) in [7, 11) is 0. The number of carbonyl (C=O) groups excluding carboxylic acids is 1. The molecular formula is C16H13F3N4OS. The van der Waals surface area contributed by atoms with Crippen LogP contribution < -0.4 is 5.32 Å². The molecule has 0 aliphatic rings. The standard InChI is InChI=1S/C16H13F3N4OS/c1-9-5-11(6-20)15(22-10(9)2)25-8-14(24)23-13-4-3-12(7-21-13)16(17,18)19/h3-5,7H,8H2,1-2H3,(H,21,23,24). The van der Waals surface area contributed by atoms with Crippen LogP contribution in [0.5, 0.6) is 0 Å². The quantitative estimate of drug-likeness (QED) is 0.835. The Hall–Kier alpha value is -2.60. The van der Waals surface area contributed by atoms with E-state index in [4.69, 9.17) is 5.26 Å². The molecule has 0 radical (unpaired) electrons. The Bertz CT molecular complexity index is 829. The molecule has 0 fully saturated rings. The number of aromatic nitrogens is 2. The maximum atomic E-state index is 12.5. The Balaban J connectivity index is 2.00. The first-order chi connectivity index (χ1) is 11.7. The Morgan fingerprint density at radius 1 is 1.36 bits per heavy atom. The van der Waals surface area contributed by atoms with Crippen molar-refractivity contribution in [1.29, 1.82) is 5.26 Å². The predicted octanol–water partition coefficient (Wildman–Crippen LogP) is 3.71. The molecule has 2 aromatic heterocycles. The van der Waals surface area contributed by atoms with Crippen molar-refractivity contribution >= 4 is 23.5 Å². The van der Waals surface area contributed by atoms with Gasteiger partial charge in [0.1, 0.15) is 16.9 Å². The van der Waals surface area contributed by atoms with Crippen LogP contribution in [0.1, 0.15) is 22.4 Å². The summed E-state index contributed by atoms with van der Waals surface area (Å²) < 4.78 is 37.4. The first-order valence-corrected chi connectivity index (χ1v) is 8.03. The van der Waals surface area contributed by atoms with Crippen LogP contribution in [0, 0.1) is 25.2 Å². The summed E-state index contributed by atoms with van der Waals surface area (Å²) >= 11 is 1.08. The molecule has 0 aromatic carbocycles. The summed E-state index contributed by atoms with van der Waals surface area (Å²) in [4.78, 5) is 19.8. The van der Waals surface area contributed by atoms with Crippen molar-refractivity contribution in [1.82, 2.24) is 9.97 Å². The van der Waals surface area contributed by atoms with Crippen LogP contribution in [0.3, 0.4) is 0 Å². The third kappa shape index (κ3) is 4.93. The first-order valence-electron chi connectivity index (χ1n) is 7.05. The number of halogens is 3. The number of anilines is 1. The fourth-order valence-corrected chi connectivity index (χ4v) is 2.62. The highest BCUT2D eigenvalue weighted by molar-refractivity contribution is 8.00. The summed E-state index contributed by atoms with van der Waals surface area (Å²) in [5, 5.41) is 12.0. The van der Waals surface area contributed by atoms with Gasteiger partial charge in [0.25, 0.3) is 0 Å². The number of hydrogen-bond donors (Lipinski definition) is 1. The second kappa shape index (κ2) is 7.53. The molecule has 0 aliphatic heterocycles. The molecule has 130 valence electrons. The second-order valence-corrected chi connectivity index (χ2v) is 6.09. The molecule has 2 heterocycles. The maximum absolute atomic E-state index is 12.5.